The molecule has 0 spiro atoms. The second kappa shape index (κ2) is 5.41. The van der Waals surface area contributed by atoms with Gasteiger partial charge in [0.2, 0.25) is 0 Å². The first-order chi connectivity index (χ1) is 8.64. The predicted molar refractivity (Wildman–Crippen MR) is 75.7 cm³/mol. The molecule has 18 heavy (non-hydrogen) atoms. The van der Waals surface area contributed by atoms with Crippen LogP contribution in [-0.4, -0.2) is 19.8 Å². The number of nitrogens with two attached hydrogens (primary N) is 1. The van der Waals surface area contributed by atoms with Gasteiger partial charge >= 0.3 is 0 Å². The molecule has 0 aliphatic carbocycles. The van der Waals surface area contributed by atoms with Crippen LogP contribution in [0.1, 0.15) is 31.9 Å². The van der Waals surface area contributed by atoms with Crippen LogP contribution in [0.3, 0.4) is 0 Å². The highest BCUT2D eigenvalue weighted by molar-refractivity contribution is 5.32. The zero-order valence-corrected chi connectivity index (χ0v) is 11.8. The molecule has 1 unspecified atom stereocenters. The Kier molecular flexibility index (Phi) is 4.08. The monoisotopic (exact) mass is 247 g/mol. The molecular formula is C16H25NO. The summed E-state index contributed by atoms with van der Waals surface area (Å²) in [6, 6.07) is 9.02. The van der Waals surface area contributed by atoms with Crippen molar-refractivity contribution in [1.82, 2.24) is 0 Å². The molecule has 2 heteroatoms. The smallest absolute Gasteiger partial charge is 0.0588 e. The van der Waals surface area contributed by atoms with Crippen LogP contribution < -0.4 is 5.73 Å². The molecular weight excluding hydrogens is 222 g/mol. The maximum Gasteiger partial charge on any atom is 0.0588 e. The third kappa shape index (κ3) is 2.19. The number of hydrogen-bond acceptors (Lipinski definition) is 2. The quantitative estimate of drug-likeness (QED) is 0.868. The SMILES string of the molecule is CCc1ccc(C2(C(CN)C(C)C)COC2)cc1. The van der Waals surface area contributed by atoms with E-state index in [9.17, 15) is 0 Å². The molecule has 0 bridgehead atoms. The van der Waals surface area contributed by atoms with Crippen molar-refractivity contribution < 1.29 is 4.74 Å². The van der Waals surface area contributed by atoms with E-state index >= 15 is 0 Å². The molecule has 1 atom stereocenters. The lowest BCUT2D eigenvalue weighted by molar-refractivity contribution is -0.0982. The summed E-state index contributed by atoms with van der Waals surface area (Å²) >= 11 is 0. The lowest BCUT2D eigenvalue weighted by Gasteiger charge is -2.49. The van der Waals surface area contributed by atoms with Crippen LogP contribution in [0.2, 0.25) is 0 Å². The lowest BCUT2D eigenvalue weighted by Crippen LogP contribution is -2.56. The summed E-state index contributed by atoms with van der Waals surface area (Å²) in [5.41, 5.74) is 8.95. The molecule has 0 saturated carbocycles. The van der Waals surface area contributed by atoms with Gasteiger partial charge in [0.1, 0.15) is 0 Å². The van der Waals surface area contributed by atoms with Gasteiger partial charge < -0.3 is 10.5 Å². The Morgan fingerprint density at radius 3 is 2.17 bits per heavy atom. The van der Waals surface area contributed by atoms with Gasteiger partial charge in [0.25, 0.3) is 0 Å². The highest BCUT2D eigenvalue weighted by Crippen LogP contribution is 2.42. The third-order valence-electron chi connectivity index (χ3n) is 4.42. The average Bonchev–Trinajstić information content (AvgIpc) is 2.33. The topological polar surface area (TPSA) is 35.2 Å². The van der Waals surface area contributed by atoms with Crippen molar-refractivity contribution in [2.45, 2.75) is 32.6 Å². The maximum atomic E-state index is 6.01. The first kappa shape index (κ1) is 13.6. The summed E-state index contributed by atoms with van der Waals surface area (Å²) in [7, 11) is 0. The van der Waals surface area contributed by atoms with Crippen LogP contribution in [0.25, 0.3) is 0 Å². The van der Waals surface area contributed by atoms with Crippen molar-refractivity contribution in [2.24, 2.45) is 17.6 Å². The van der Waals surface area contributed by atoms with Gasteiger partial charge in [-0.25, -0.2) is 0 Å². The molecule has 1 fully saturated rings. The van der Waals surface area contributed by atoms with Crippen molar-refractivity contribution in [3.8, 4) is 0 Å². The van der Waals surface area contributed by atoms with Crippen LogP contribution >= 0.6 is 0 Å². The molecule has 100 valence electrons. The van der Waals surface area contributed by atoms with E-state index in [1.54, 1.807) is 0 Å². The van der Waals surface area contributed by atoms with E-state index in [1.165, 1.54) is 11.1 Å². The molecule has 1 aliphatic heterocycles. The van der Waals surface area contributed by atoms with E-state index in [0.29, 0.717) is 11.8 Å². The Balaban J connectivity index is 2.30. The summed E-state index contributed by atoms with van der Waals surface area (Å²) in [6.45, 7) is 9.08. The van der Waals surface area contributed by atoms with E-state index in [4.69, 9.17) is 10.5 Å². The van der Waals surface area contributed by atoms with Gasteiger partial charge in [0, 0.05) is 5.41 Å². The van der Waals surface area contributed by atoms with Gasteiger partial charge in [-0.05, 0) is 35.9 Å². The normalized spacial score (nSPS) is 19.6. The fourth-order valence-corrected chi connectivity index (χ4v) is 3.12. The molecule has 0 radical (unpaired) electrons. The molecule has 1 aromatic rings. The first-order valence-electron chi connectivity index (χ1n) is 7.01. The molecule has 1 saturated heterocycles. The lowest BCUT2D eigenvalue weighted by atomic mass is 9.64. The number of rotatable bonds is 5. The van der Waals surface area contributed by atoms with Gasteiger partial charge in [-0.15, -0.1) is 0 Å². The third-order valence-corrected chi connectivity index (χ3v) is 4.42. The van der Waals surface area contributed by atoms with Gasteiger partial charge in [0.15, 0.2) is 0 Å². The van der Waals surface area contributed by atoms with E-state index in [-0.39, 0.29) is 5.41 Å². The van der Waals surface area contributed by atoms with Crippen LogP contribution in [0, 0.1) is 11.8 Å². The van der Waals surface area contributed by atoms with Crippen LogP contribution in [0.5, 0.6) is 0 Å². The highest BCUT2D eigenvalue weighted by atomic mass is 16.5. The van der Waals surface area contributed by atoms with Crippen LogP contribution in [-0.2, 0) is 16.6 Å². The Morgan fingerprint density at radius 1 is 1.22 bits per heavy atom. The van der Waals surface area contributed by atoms with E-state index in [2.05, 4.69) is 45.0 Å². The van der Waals surface area contributed by atoms with Crippen molar-refractivity contribution in [2.75, 3.05) is 19.8 Å². The molecule has 1 heterocycles. The first-order valence-corrected chi connectivity index (χ1v) is 7.01. The van der Waals surface area contributed by atoms with Crippen molar-refractivity contribution in [3.63, 3.8) is 0 Å². The number of aryl methyl sites for hydroxylation is 1. The molecule has 2 rings (SSSR count). The summed E-state index contributed by atoms with van der Waals surface area (Å²) in [6.07, 6.45) is 1.09. The molecule has 0 amide bonds. The van der Waals surface area contributed by atoms with Gasteiger partial charge in [-0.3, -0.25) is 0 Å². The fraction of sp³-hybridized carbons (Fsp3) is 0.625. The zero-order chi connectivity index (χ0) is 13.2. The minimum absolute atomic E-state index is 0.148. The molecule has 1 aliphatic rings. The van der Waals surface area contributed by atoms with Crippen molar-refractivity contribution in [3.05, 3.63) is 35.4 Å². The fourth-order valence-electron chi connectivity index (χ4n) is 3.12. The average molecular weight is 247 g/mol. The molecule has 1 aromatic carbocycles. The van der Waals surface area contributed by atoms with Crippen LogP contribution in [0.15, 0.2) is 24.3 Å². The van der Waals surface area contributed by atoms with E-state index in [1.807, 2.05) is 0 Å². The maximum absolute atomic E-state index is 6.01. The summed E-state index contributed by atoms with van der Waals surface area (Å²) < 4.78 is 5.53. The summed E-state index contributed by atoms with van der Waals surface area (Å²) in [5, 5.41) is 0. The molecule has 0 aromatic heterocycles. The highest BCUT2D eigenvalue weighted by Gasteiger charge is 2.47. The standard InChI is InChI=1S/C16H25NO/c1-4-13-5-7-14(8-6-13)16(10-18-11-16)15(9-17)12(2)3/h5-8,12,15H,4,9-11,17H2,1-3H3. The predicted octanol–water partition coefficient (Wildman–Crippen LogP) is 2.75. The minimum Gasteiger partial charge on any atom is -0.379 e. The molecule has 2 nitrogen and oxygen atoms in total. The molecule has 2 N–H and O–H groups in total. The van der Waals surface area contributed by atoms with E-state index in [0.717, 1.165) is 26.2 Å². The summed E-state index contributed by atoms with van der Waals surface area (Å²) in [4.78, 5) is 0. The van der Waals surface area contributed by atoms with E-state index < -0.39 is 0 Å². The number of hydrogen-bond donors (Lipinski definition) is 1. The zero-order valence-electron chi connectivity index (χ0n) is 11.8. The summed E-state index contributed by atoms with van der Waals surface area (Å²) in [5.74, 6) is 1.09. The van der Waals surface area contributed by atoms with Crippen molar-refractivity contribution >= 4 is 0 Å². The second-order valence-corrected chi connectivity index (χ2v) is 5.79. The Bertz CT molecular complexity index is 379. The largest absolute Gasteiger partial charge is 0.379 e. The Hall–Kier alpha value is -0.860. The van der Waals surface area contributed by atoms with Gasteiger partial charge in [-0.1, -0.05) is 45.0 Å². The van der Waals surface area contributed by atoms with Crippen molar-refractivity contribution in [1.29, 1.82) is 0 Å². The number of ether oxygens (including phenoxy) is 1. The Morgan fingerprint density at radius 2 is 1.83 bits per heavy atom. The van der Waals surface area contributed by atoms with Gasteiger partial charge in [-0.2, -0.15) is 0 Å². The van der Waals surface area contributed by atoms with Gasteiger partial charge in [0.05, 0.1) is 13.2 Å². The Labute approximate surface area is 111 Å². The minimum atomic E-state index is 0.148. The van der Waals surface area contributed by atoms with Crippen LogP contribution in [0.4, 0.5) is 0 Å². The number of benzene rings is 1. The second-order valence-electron chi connectivity index (χ2n) is 5.79.